The minimum absolute atomic E-state index is 0.0905. The van der Waals surface area contributed by atoms with Crippen molar-refractivity contribution in [2.45, 2.75) is 32.7 Å². The molecule has 0 fully saturated rings. The van der Waals surface area contributed by atoms with Crippen molar-refractivity contribution in [3.05, 3.63) is 65.5 Å². The molecule has 2 aromatic rings. The van der Waals surface area contributed by atoms with E-state index in [4.69, 9.17) is 0 Å². The Balaban J connectivity index is 2.01. The molecule has 0 spiro atoms. The number of carbonyl (C=O) groups is 2. The smallest absolute Gasteiger partial charge is 0.253 e. The Hall–Kier alpha value is -2.69. The quantitative estimate of drug-likeness (QED) is 0.844. The van der Waals surface area contributed by atoms with Crippen LogP contribution in [0.15, 0.2) is 48.8 Å². The van der Waals surface area contributed by atoms with E-state index in [1.165, 1.54) is 0 Å². The van der Waals surface area contributed by atoms with Gasteiger partial charge in [-0.1, -0.05) is 13.0 Å². The maximum atomic E-state index is 12.6. The van der Waals surface area contributed by atoms with Crippen LogP contribution in [0.1, 0.15) is 46.5 Å². The van der Waals surface area contributed by atoms with E-state index >= 15 is 0 Å². The van der Waals surface area contributed by atoms with Crippen molar-refractivity contribution in [3.8, 4) is 0 Å². The Morgan fingerprint density at radius 3 is 2.52 bits per heavy atom. The number of rotatable bonds is 7. The number of pyridine rings is 1. The summed E-state index contributed by atoms with van der Waals surface area (Å²) in [5.41, 5.74) is 2.17. The number of nitrogens with one attached hydrogen (secondary N) is 1. The molecule has 2 amide bonds. The van der Waals surface area contributed by atoms with E-state index in [9.17, 15) is 9.59 Å². The van der Waals surface area contributed by atoms with Crippen molar-refractivity contribution >= 4 is 11.8 Å². The summed E-state index contributed by atoms with van der Waals surface area (Å²) in [5, 5.41) is 2.92. The van der Waals surface area contributed by atoms with Gasteiger partial charge >= 0.3 is 0 Å². The van der Waals surface area contributed by atoms with Crippen molar-refractivity contribution in [1.82, 2.24) is 15.2 Å². The van der Waals surface area contributed by atoms with E-state index < -0.39 is 0 Å². The zero-order chi connectivity index (χ0) is 18.2. The highest BCUT2D eigenvalue weighted by Gasteiger charge is 2.15. The fourth-order valence-corrected chi connectivity index (χ4v) is 2.37. The van der Waals surface area contributed by atoms with E-state index in [1.807, 2.05) is 26.0 Å². The van der Waals surface area contributed by atoms with Gasteiger partial charge in [-0.15, -0.1) is 0 Å². The van der Waals surface area contributed by atoms with Crippen LogP contribution in [0.3, 0.4) is 0 Å². The molecule has 132 valence electrons. The normalized spacial score (nSPS) is 11.6. The number of hydrogen-bond acceptors (Lipinski definition) is 3. The van der Waals surface area contributed by atoms with Crippen LogP contribution in [0.4, 0.5) is 0 Å². The molecular formula is C20H25N3O2. The van der Waals surface area contributed by atoms with Gasteiger partial charge in [0.2, 0.25) is 0 Å². The van der Waals surface area contributed by atoms with Crippen molar-refractivity contribution in [1.29, 1.82) is 0 Å². The molecule has 5 nitrogen and oxygen atoms in total. The monoisotopic (exact) mass is 339 g/mol. The predicted molar refractivity (Wildman–Crippen MR) is 98.6 cm³/mol. The third-order valence-corrected chi connectivity index (χ3v) is 4.19. The molecule has 1 aromatic heterocycles. The van der Waals surface area contributed by atoms with E-state index in [-0.39, 0.29) is 17.9 Å². The van der Waals surface area contributed by atoms with Gasteiger partial charge < -0.3 is 10.2 Å². The van der Waals surface area contributed by atoms with Gasteiger partial charge in [-0.05, 0) is 55.7 Å². The fraction of sp³-hybridized carbons (Fsp3) is 0.350. The zero-order valence-corrected chi connectivity index (χ0v) is 15.0. The Morgan fingerprint density at radius 1 is 1.16 bits per heavy atom. The molecule has 25 heavy (non-hydrogen) atoms. The van der Waals surface area contributed by atoms with Gasteiger partial charge in [-0.2, -0.15) is 0 Å². The Bertz CT molecular complexity index is 716. The first-order valence-corrected chi connectivity index (χ1v) is 8.56. The molecule has 2 rings (SSSR count). The Morgan fingerprint density at radius 2 is 1.84 bits per heavy atom. The molecule has 0 aliphatic heterocycles. The van der Waals surface area contributed by atoms with Crippen molar-refractivity contribution in [3.63, 3.8) is 0 Å². The first-order valence-electron chi connectivity index (χ1n) is 8.56. The highest BCUT2D eigenvalue weighted by atomic mass is 16.2. The number of likely N-dealkylation sites (N-methyl/N-ethyl adjacent to an activating group) is 1. The maximum Gasteiger partial charge on any atom is 0.253 e. The predicted octanol–water partition coefficient (Wildman–Crippen LogP) is 2.92. The van der Waals surface area contributed by atoms with Crippen LogP contribution in [-0.4, -0.2) is 41.3 Å². The van der Waals surface area contributed by atoms with Gasteiger partial charge in [-0.25, -0.2) is 0 Å². The lowest BCUT2D eigenvalue weighted by Gasteiger charge is -2.18. The second-order valence-electron chi connectivity index (χ2n) is 6.20. The summed E-state index contributed by atoms with van der Waals surface area (Å²) in [4.78, 5) is 30.5. The second-order valence-corrected chi connectivity index (χ2v) is 6.20. The van der Waals surface area contributed by atoms with Gasteiger partial charge in [0.1, 0.15) is 0 Å². The van der Waals surface area contributed by atoms with Gasteiger partial charge in [0.15, 0.2) is 0 Å². The first kappa shape index (κ1) is 18.6. The summed E-state index contributed by atoms with van der Waals surface area (Å²) in [5.74, 6) is -0.240. The first-order chi connectivity index (χ1) is 12.0. The molecule has 0 saturated carbocycles. The van der Waals surface area contributed by atoms with Gasteiger partial charge in [0.05, 0.1) is 0 Å². The summed E-state index contributed by atoms with van der Waals surface area (Å²) in [6.07, 6.45) is 5.12. The molecule has 0 aliphatic carbocycles. The molecule has 1 heterocycles. The minimum Gasteiger partial charge on any atom is -0.350 e. The number of aromatic nitrogens is 1. The zero-order valence-electron chi connectivity index (χ0n) is 15.0. The van der Waals surface area contributed by atoms with E-state index in [1.54, 1.807) is 48.6 Å². The lowest BCUT2D eigenvalue weighted by Crippen LogP contribution is -2.32. The van der Waals surface area contributed by atoms with Crippen molar-refractivity contribution in [2.24, 2.45) is 0 Å². The fourth-order valence-electron chi connectivity index (χ4n) is 2.37. The molecule has 0 radical (unpaired) electrons. The number of carbonyl (C=O) groups excluding carboxylic acids is 2. The molecule has 5 heteroatoms. The van der Waals surface area contributed by atoms with Crippen molar-refractivity contribution in [2.75, 3.05) is 13.6 Å². The summed E-state index contributed by atoms with van der Waals surface area (Å²) in [7, 11) is 1.77. The molecule has 1 atom stereocenters. The van der Waals surface area contributed by atoms with Gasteiger partial charge in [0, 0.05) is 43.2 Å². The number of nitrogens with zero attached hydrogens (tertiary/aromatic N) is 2. The lowest BCUT2D eigenvalue weighted by atomic mass is 10.1. The maximum absolute atomic E-state index is 12.6. The number of benzene rings is 1. The number of hydrogen-bond donors (Lipinski definition) is 1. The minimum atomic E-state index is -0.150. The van der Waals surface area contributed by atoms with Crippen LogP contribution in [0.25, 0.3) is 0 Å². The third kappa shape index (κ3) is 5.41. The summed E-state index contributed by atoms with van der Waals surface area (Å²) in [6.45, 7) is 4.58. The summed E-state index contributed by atoms with van der Waals surface area (Å²) in [6, 6.07) is 10.9. The molecule has 1 aromatic carbocycles. The van der Waals surface area contributed by atoms with Crippen molar-refractivity contribution < 1.29 is 9.59 Å². The summed E-state index contributed by atoms with van der Waals surface area (Å²) >= 11 is 0. The average molecular weight is 339 g/mol. The number of amides is 2. The van der Waals surface area contributed by atoms with Crippen LogP contribution in [0.2, 0.25) is 0 Å². The highest BCUT2D eigenvalue weighted by Crippen LogP contribution is 2.09. The molecule has 0 saturated heterocycles. The van der Waals surface area contributed by atoms with E-state index in [0.717, 1.165) is 18.4 Å². The average Bonchev–Trinajstić information content (AvgIpc) is 2.66. The van der Waals surface area contributed by atoms with E-state index in [0.29, 0.717) is 17.7 Å². The van der Waals surface area contributed by atoms with E-state index in [2.05, 4.69) is 10.3 Å². The molecule has 0 bridgehead atoms. The van der Waals surface area contributed by atoms with Crippen LogP contribution in [0, 0.1) is 0 Å². The Kier molecular flexibility index (Phi) is 6.69. The SMILES string of the molecule is CCC(C)NC(=O)c1cccc(C(=O)N(C)CCc2ccncc2)c1. The van der Waals surface area contributed by atoms with Crippen LogP contribution in [0.5, 0.6) is 0 Å². The topological polar surface area (TPSA) is 62.3 Å². The van der Waals surface area contributed by atoms with Gasteiger partial charge in [0.25, 0.3) is 11.8 Å². The summed E-state index contributed by atoms with van der Waals surface area (Å²) < 4.78 is 0. The van der Waals surface area contributed by atoms with Crippen LogP contribution >= 0.6 is 0 Å². The Labute approximate surface area is 149 Å². The van der Waals surface area contributed by atoms with Gasteiger partial charge in [-0.3, -0.25) is 14.6 Å². The highest BCUT2D eigenvalue weighted by molar-refractivity contribution is 5.99. The molecule has 1 unspecified atom stereocenters. The third-order valence-electron chi connectivity index (χ3n) is 4.19. The van der Waals surface area contributed by atoms with Crippen LogP contribution < -0.4 is 5.32 Å². The molecule has 1 N–H and O–H groups in total. The molecular weight excluding hydrogens is 314 g/mol. The van der Waals surface area contributed by atoms with Crippen LogP contribution in [-0.2, 0) is 6.42 Å². The standard InChI is InChI=1S/C20H25N3O2/c1-4-15(2)22-19(24)17-6-5-7-18(14-17)20(25)23(3)13-10-16-8-11-21-12-9-16/h5-9,11-12,14-15H,4,10,13H2,1-3H3,(H,22,24). The molecule has 0 aliphatic rings. The second kappa shape index (κ2) is 8.97. The lowest BCUT2D eigenvalue weighted by molar-refractivity contribution is 0.0796. The largest absolute Gasteiger partial charge is 0.350 e.